The summed E-state index contributed by atoms with van der Waals surface area (Å²) in [5.41, 5.74) is -0.247. The van der Waals surface area contributed by atoms with Gasteiger partial charge < -0.3 is 15.2 Å². The number of hydrogen-bond donors (Lipinski definition) is 2. The maximum atomic E-state index is 12.3. The second-order valence-electron chi connectivity index (χ2n) is 13.0. The molecule has 4 aliphatic rings. The lowest BCUT2D eigenvalue weighted by molar-refractivity contribution is -0.142. The quantitative estimate of drug-likeness (QED) is 0.615. The number of rotatable bonds is 5. The molecule has 32 heavy (non-hydrogen) atoms. The number of aliphatic carboxylic acids is 1. The van der Waals surface area contributed by atoms with Gasteiger partial charge in [0.05, 0.1) is 0 Å². The van der Waals surface area contributed by atoms with E-state index in [1.165, 1.54) is 32.1 Å². The molecule has 4 fully saturated rings. The van der Waals surface area contributed by atoms with Crippen molar-refractivity contribution in [2.24, 2.45) is 29.1 Å². The summed E-state index contributed by atoms with van der Waals surface area (Å²) in [7, 11) is 0. The van der Waals surface area contributed by atoms with Gasteiger partial charge in [-0.2, -0.15) is 0 Å². The van der Waals surface area contributed by atoms with Gasteiger partial charge in [-0.3, -0.25) is 4.90 Å². The number of amides is 1. The van der Waals surface area contributed by atoms with Gasteiger partial charge in [-0.05, 0) is 108 Å². The van der Waals surface area contributed by atoms with Crippen molar-refractivity contribution in [1.29, 1.82) is 0 Å². The Kier molecular flexibility index (Phi) is 6.56. The summed E-state index contributed by atoms with van der Waals surface area (Å²) in [4.78, 5) is 27.0. The molecule has 2 heterocycles. The van der Waals surface area contributed by atoms with E-state index in [1.54, 1.807) is 20.8 Å². The fraction of sp³-hybridized carbons (Fsp3) is 0.923. The molecule has 0 aromatic carbocycles. The Morgan fingerprint density at radius 2 is 1.62 bits per heavy atom. The zero-order valence-corrected chi connectivity index (χ0v) is 20.7. The number of hydrogen-bond acceptors (Lipinski definition) is 4. The van der Waals surface area contributed by atoms with Gasteiger partial charge in [0.1, 0.15) is 11.6 Å². The standard InChI is InChI=1S/C26H44N2O4/c1-16-8-17-10-18(9-16)14-26(5,13-17)15-28-20-6-7-21(28)12-19(11-20)22(23(29)30)27-24(31)32-25(2,3)4/h16-22H,6-15H2,1-5H3,(H,27,31)(H,29,30)/t16?,17?,18?,19?,20?,21?,22-,26?/m0/s1. The van der Waals surface area contributed by atoms with Gasteiger partial charge in [-0.15, -0.1) is 0 Å². The van der Waals surface area contributed by atoms with E-state index in [-0.39, 0.29) is 5.92 Å². The number of alkyl carbamates (subject to hydrolysis) is 1. The van der Waals surface area contributed by atoms with E-state index in [9.17, 15) is 14.7 Å². The van der Waals surface area contributed by atoms with E-state index < -0.39 is 23.7 Å². The van der Waals surface area contributed by atoms with Crippen LogP contribution in [-0.4, -0.2) is 52.3 Å². The van der Waals surface area contributed by atoms with E-state index in [2.05, 4.69) is 24.1 Å². The molecule has 2 aliphatic carbocycles. The zero-order valence-electron chi connectivity index (χ0n) is 20.7. The van der Waals surface area contributed by atoms with Crippen LogP contribution >= 0.6 is 0 Å². The fourth-order valence-electron chi connectivity index (χ4n) is 7.94. The highest BCUT2D eigenvalue weighted by atomic mass is 16.6. The number of fused-ring (bicyclic) bond motifs is 4. The largest absolute Gasteiger partial charge is 0.480 e. The summed E-state index contributed by atoms with van der Waals surface area (Å²) >= 11 is 0. The van der Waals surface area contributed by atoms with Crippen molar-refractivity contribution < 1.29 is 19.4 Å². The van der Waals surface area contributed by atoms with Crippen molar-refractivity contribution in [3.63, 3.8) is 0 Å². The second-order valence-corrected chi connectivity index (χ2v) is 13.0. The monoisotopic (exact) mass is 448 g/mol. The summed E-state index contributed by atoms with van der Waals surface area (Å²) in [6.07, 6.45) is 10.3. The minimum atomic E-state index is -0.949. The van der Waals surface area contributed by atoms with E-state index in [4.69, 9.17) is 4.74 Å². The molecule has 4 bridgehead atoms. The lowest BCUT2D eigenvalue weighted by atomic mass is 9.59. The van der Waals surface area contributed by atoms with Crippen LogP contribution in [0.2, 0.25) is 0 Å². The van der Waals surface area contributed by atoms with Crippen LogP contribution in [0, 0.1) is 29.1 Å². The highest BCUT2D eigenvalue weighted by Crippen LogP contribution is 2.52. The molecule has 6 heteroatoms. The summed E-state index contributed by atoms with van der Waals surface area (Å²) in [5, 5.41) is 12.5. The molecule has 5 atom stereocenters. The summed E-state index contributed by atoms with van der Waals surface area (Å²) in [5.74, 6) is 1.70. The lowest BCUT2D eigenvalue weighted by Gasteiger charge is -2.51. The Morgan fingerprint density at radius 1 is 1.06 bits per heavy atom. The van der Waals surface area contributed by atoms with Crippen LogP contribution in [0.3, 0.4) is 0 Å². The Balaban J connectivity index is 1.38. The highest BCUT2D eigenvalue weighted by molar-refractivity contribution is 5.80. The molecule has 6 nitrogen and oxygen atoms in total. The van der Waals surface area contributed by atoms with Gasteiger partial charge in [0, 0.05) is 18.6 Å². The fourth-order valence-corrected chi connectivity index (χ4v) is 7.94. The molecule has 2 aliphatic heterocycles. The number of piperidine rings is 1. The second kappa shape index (κ2) is 8.81. The number of carboxylic acids is 1. The summed E-state index contributed by atoms with van der Waals surface area (Å²) in [6.45, 7) is 11.5. The molecule has 0 spiro atoms. The van der Waals surface area contributed by atoms with Crippen LogP contribution < -0.4 is 5.32 Å². The van der Waals surface area contributed by atoms with Crippen LogP contribution in [0.1, 0.15) is 92.4 Å². The number of ether oxygens (including phenoxy) is 1. The third-order valence-corrected chi connectivity index (χ3v) is 8.60. The van der Waals surface area contributed by atoms with Gasteiger partial charge in [-0.1, -0.05) is 13.8 Å². The summed E-state index contributed by atoms with van der Waals surface area (Å²) in [6, 6.07) is 0.0123. The molecule has 2 saturated carbocycles. The molecule has 1 amide bonds. The van der Waals surface area contributed by atoms with E-state index in [0.717, 1.165) is 50.0 Å². The minimum absolute atomic E-state index is 0.0341. The third-order valence-electron chi connectivity index (χ3n) is 8.60. The van der Waals surface area contributed by atoms with Crippen LogP contribution in [0.4, 0.5) is 4.79 Å². The average molecular weight is 449 g/mol. The zero-order chi connectivity index (χ0) is 23.3. The smallest absolute Gasteiger partial charge is 0.408 e. The predicted molar refractivity (Wildman–Crippen MR) is 124 cm³/mol. The molecule has 4 unspecified atom stereocenters. The number of carboxylic acid groups (broad SMARTS) is 1. The van der Waals surface area contributed by atoms with Gasteiger partial charge in [0.15, 0.2) is 0 Å². The van der Waals surface area contributed by atoms with Gasteiger partial charge in [0.25, 0.3) is 0 Å². The molecule has 2 N–H and O–H groups in total. The van der Waals surface area contributed by atoms with Crippen molar-refractivity contribution in [3.8, 4) is 0 Å². The van der Waals surface area contributed by atoms with Crippen LogP contribution in [0.5, 0.6) is 0 Å². The Bertz CT molecular complexity index is 685. The normalized spacial score (nSPS) is 40.5. The van der Waals surface area contributed by atoms with Gasteiger partial charge in [-0.25, -0.2) is 9.59 Å². The molecule has 0 radical (unpaired) electrons. The van der Waals surface area contributed by atoms with Crippen LogP contribution in [0.25, 0.3) is 0 Å². The van der Waals surface area contributed by atoms with Crippen molar-refractivity contribution in [3.05, 3.63) is 0 Å². The Hall–Kier alpha value is -1.30. The lowest BCUT2D eigenvalue weighted by Crippen LogP contribution is -2.55. The predicted octanol–water partition coefficient (Wildman–Crippen LogP) is 5.06. The topological polar surface area (TPSA) is 78.9 Å². The first-order valence-electron chi connectivity index (χ1n) is 12.9. The van der Waals surface area contributed by atoms with Gasteiger partial charge in [0.2, 0.25) is 0 Å². The highest BCUT2D eigenvalue weighted by Gasteiger charge is 2.49. The number of nitrogens with one attached hydrogen (secondary N) is 1. The first-order chi connectivity index (χ1) is 14.9. The third kappa shape index (κ3) is 5.43. The van der Waals surface area contributed by atoms with Crippen molar-refractivity contribution in [1.82, 2.24) is 10.2 Å². The molecule has 0 aromatic heterocycles. The van der Waals surface area contributed by atoms with Crippen molar-refractivity contribution >= 4 is 12.1 Å². The maximum absolute atomic E-state index is 12.3. The molecule has 0 aromatic rings. The summed E-state index contributed by atoms with van der Waals surface area (Å²) < 4.78 is 5.33. The van der Waals surface area contributed by atoms with Crippen molar-refractivity contribution in [2.45, 2.75) is 116 Å². The van der Waals surface area contributed by atoms with E-state index in [1.807, 2.05) is 0 Å². The molecule has 2 saturated heterocycles. The van der Waals surface area contributed by atoms with E-state index in [0.29, 0.717) is 17.5 Å². The number of carbonyl (C=O) groups excluding carboxylic acids is 1. The average Bonchev–Trinajstić information content (AvgIpc) is 2.84. The van der Waals surface area contributed by atoms with Crippen LogP contribution in [-0.2, 0) is 9.53 Å². The first-order valence-corrected chi connectivity index (χ1v) is 12.9. The first kappa shape index (κ1) is 23.8. The number of nitrogens with zero attached hydrogens (tertiary/aromatic N) is 1. The maximum Gasteiger partial charge on any atom is 0.408 e. The van der Waals surface area contributed by atoms with Crippen LogP contribution in [0.15, 0.2) is 0 Å². The SMILES string of the molecule is CC1CC2CC(C1)CC(C)(CN1C3CCC1CC([C@H](NC(=O)OC(C)(C)C)C(=O)O)C3)C2. The Labute approximate surface area is 193 Å². The minimum Gasteiger partial charge on any atom is -0.480 e. The molecular weight excluding hydrogens is 404 g/mol. The molecular formula is C26H44N2O4. The Morgan fingerprint density at radius 3 is 2.12 bits per heavy atom. The number of carbonyl (C=O) groups is 2. The molecule has 4 rings (SSSR count). The van der Waals surface area contributed by atoms with Gasteiger partial charge >= 0.3 is 12.1 Å². The van der Waals surface area contributed by atoms with Crippen molar-refractivity contribution in [2.75, 3.05) is 6.54 Å². The van der Waals surface area contributed by atoms with E-state index >= 15 is 0 Å². The molecule has 182 valence electrons.